The van der Waals surface area contributed by atoms with Gasteiger partial charge in [-0.05, 0) is 63.5 Å². The highest BCUT2D eigenvalue weighted by molar-refractivity contribution is 4.90. The second-order valence-electron chi connectivity index (χ2n) is 7.20. The maximum atomic E-state index is 3.78. The minimum Gasteiger partial charge on any atom is -0.313 e. The first-order valence-corrected chi connectivity index (χ1v) is 8.84. The fourth-order valence-corrected chi connectivity index (χ4v) is 4.84. The van der Waals surface area contributed by atoms with Gasteiger partial charge in [-0.2, -0.15) is 0 Å². The van der Waals surface area contributed by atoms with Gasteiger partial charge in [-0.25, -0.2) is 0 Å². The van der Waals surface area contributed by atoms with Gasteiger partial charge < -0.3 is 5.32 Å². The molecule has 19 heavy (non-hydrogen) atoms. The topological polar surface area (TPSA) is 15.3 Å². The largest absolute Gasteiger partial charge is 0.313 e. The molecule has 3 atom stereocenters. The Labute approximate surface area is 119 Å². The summed E-state index contributed by atoms with van der Waals surface area (Å²) in [5.41, 5.74) is 0. The predicted molar refractivity (Wildman–Crippen MR) is 81.4 cm³/mol. The molecule has 1 N–H and O–H groups in total. The smallest absolute Gasteiger partial charge is 0.0197 e. The number of piperidine rings is 1. The molecule has 1 aliphatic carbocycles. The highest BCUT2D eigenvalue weighted by Crippen LogP contribution is 2.35. The predicted octanol–water partition coefficient (Wildman–Crippen LogP) is 3.42. The standard InChI is InChI=1S/C17H32N2/c1-2-14-9-10-18-16(12-14)13-19-11-5-8-17(19)15-6-3-4-7-15/h14-18H,2-13H2,1H3. The summed E-state index contributed by atoms with van der Waals surface area (Å²) in [4.78, 5) is 2.85. The molecule has 0 aromatic heterocycles. The maximum Gasteiger partial charge on any atom is 0.0197 e. The van der Waals surface area contributed by atoms with E-state index in [1.54, 1.807) is 0 Å². The van der Waals surface area contributed by atoms with Gasteiger partial charge in [0, 0.05) is 18.6 Å². The van der Waals surface area contributed by atoms with Crippen LogP contribution in [-0.2, 0) is 0 Å². The Morgan fingerprint density at radius 2 is 1.89 bits per heavy atom. The van der Waals surface area contributed by atoms with Crippen molar-refractivity contribution in [2.75, 3.05) is 19.6 Å². The van der Waals surface area contributed by atoms with E-state index in [4.69, 9.17) is 0 Å². The lowest BCUT2D eigenvalue weighted by Gasteiger charge is -2.36. The lowest BCUT2D eigenvalue weighted by atomic mass is 9.89. The molecule has 0 bridgehead atoms. The van der Waals surface area contributed by atoms with Gasteiger partial charge in [0.2, 0.25) is 0 Å². The second kappa shape index (κ2) is 6.58. The molecule has 0 radical (unpaired) electrons. The van der Waals surface area contributed by atoms with Crippen molar-refractivity contribution in [2.24, 2.45) is 11.8 Å². The Bertz CT molecular complexity index is 272. The summed E-state index contributed by atoms with van der Waals surface area (Å²) < 4.78 is 0. The normalized spacial score (nSPS) is 38.1. The number of nitrogens with one attached hydrogen (secondary N) is 1. The van der Waals surface area contributed by atoms with Crippen molar-refractivity contribution in [3.05, 3.63) is 0 Å². The van der Waals surface area contributed by atoms with Gasteiger partial charge in [0.05, 0.1) is 0 Å². The first-order valence-electron chi connectivity index (χ1n) is 8.84. The van der Waals surface area contributed by atoms with Gasteiger partial charge in [0.25, 0.3) is 0 Å². The van der Waals surface area contributed by atoms with E-state index < -0.39 is 0 Å². The Morgan fingerprint density at radius 3 is 2.68 bits per heavy atom. The molecule has 2 heteroatoms. The molecule has 3 unspecified atom stereocenters. The molecule has 3 aliphatic rings. The number of hydrogen-bond donors (Lipinski definition) is 1. The first-order chi connectivity index (χ1) is 9.36. The van der Waals surface area contributed by atoms with Gasteiger partial charge >= 0.3 is 0 Å². The minimum atomic E-state index is 0.778. The van der Waals surface area contributed by atoms with Gasteiger partial charge in [0.15, 0.2) is 0 Å². The first kappa shape index (κ1) is 13.9. The molecule has 2 heterocycles. The van der Waals surface area contributed by atoms with Crippen molar-refractivity contribution in [2.45, 2.75) is 76.8 Å². The van der Waals surface area contributed by atoms with E-state index in [1.807, 2.05) is 0 Å². The summed E-state index contributed by atoms with van der Waals surface area (Å²) in [6.45, 7) is 6.32. The molecule has 3 rings (SSSR count). The summed E-state index contributed by atoms with van der Waals surface area (Å²) in [6.07, 6.45) is 13.1. The molecule has 110 valence electrons. The fourth-order valence-electron chi connectivity index (χ4n) is 4.84. The molecule has 2 saturated heterocycles. The van der Waals surface area contributed by atoms with Crippen LogP contribution in [0.1, 0.15) is 64.7 Å². The maximum absolute atomic E-state index is 3.78. The summed E-state index contributed by atoms with van der Waals surface area (Å²) in [5, 5.41) is 3.78. The zero-order chi connectivity index (χ0) is 13.1. The number of likely N-dealkylation sites (tertiary alicyclic amines) is 1. The molecule has 1 saturated carbocycles. The van der Waals surface area contributed by atoms with Crippen LogP contribution in [0.4, 0.5) is 0 Å². The van der Waals surface area contributed by atoms with Crippen LogP contribution in [0, 0.1) is 11.8 Å². The molecule has 3 fully saturated rings. The summed E-state index contributed by atoms with van der Waals surface area (Å²) in [5.74, 6) is 2.02. The quantitative estimate of drug-likeness (QED) is 0.837. The molecule has 0 aromatic rings. The molecule has 2 nitrogen and oxygen atoms in total. The lowest BCUT2D eigenvalue weighted by molar-refractivity contribution is 0.152. The number of nitrogens with zero attached hydrogens (tertiary/aromatic N) is 1. The highest BCUT2D eigenvalue weighted by atomic mass is 15.2. The van der Waals surface area contributed by atoms with Crippen LogP contribution in [0.25, 0.3) is 0 Å². The van der Waals surface area contributed by atoms with Crippen molar-refractivity contribution in [1.29, 1.82) is 0 Å². The van der Waals surface area contributed by atoms with Crippen LogP contribution in [-0.4, -0.2) is 36.6 Å². The number of rotatable bonds is 4. The molecule has 0 spiro atoms. The zero-order valence-electron chi connectivity index (χ0n) is 12.7. The fraction of sp³-hybridized carbons (Fsp3) is 1.00. The van der Waals surface area contributed by atoms with Crippen LogP contribution in [0.15, 0.2) is 0 Å². The monoisotopic (exact) mass is 264 g/mol. The van der Waals surface area contributed by atoms with E-state index in [-0.39, 0.29) is 0 Å². The van der Waals surface area contributed by atoms with Crippen molar-refractivity contribution in [3.8, 4) is 0 Å². The molecule has 0 aromatic carbocycles. The van der Waals surface area contributed by atoms with Gasteiger partial charge in [-0.3, -0.25) is 4.90 Å². The van der Waals surface area contributed by atoms with E-state index in [9.17, 15) is 0 Å². The highest BCUT2D eigenvalue weighted by Gasteiger charge is 2.34. The number of hydrogen-bond acceptors (Lipinski definition) is 2. The Hall–Kier alpha value is -0.0800. The zero-order valence-corrected chi connectivity index (χ0v) is 12.7. The third kappa shape index (κ3) is 3.33. The van der Waals surface area contributed by atoms with Crippen LogP contribution in [0.2, 0.25) is 0 Å². The third-order valence-electron chi connectivity index (χ3n) is 5.99. The molecule has 0 amide bonds. The van der Waals surface area contributed by atoms with Crippen molar-refractivity contribution in [3.63, 3.8) is 0 Å². The van der Waals surface area contributed by atoms with Crippen LogP contribution in [0.5, 0.6) is 0 Å². The summed E-state index contributed by atoms with van der Waals surface area (Å²) in [7, 11) is 0. The van der Waals surface area contributed by atoms with Crippen molar-refractivity contribution >= 4 is 0 Å². The molecular formula is C17H32N2. The Kier molecular flexibility index (Phi) is 4.81. The van der Waals surface area contributed by atoms with Crippen LogP contribution in [0.3, 0.4) is 0 Å². The van der Waals surface area contributed by atoms with E-state index >= 15 is 0 Å². The van der Waals surface area contributed by atoms with E-state index in [2.05, 4.69) is 17.1 Å². The van der Waals surface area contributed by atoms with Crippen molar-refractivity contribution < 1.29 is 0 Å². The van der Waals surface area contributed by atoms with Crippen LogP contribution < -0.4 is 5.32 Å². The average Bonchev–Trinajstić information content (AvgIpc) is 3.09. The van der Waals surface area contributed by atoms with E-state index in [1.165, 1.54) is 77.4 Å². The third-order valence-corrected chi connectivity index (χ3v) is 5.99. The van der Waals surface area contributed by atoms with E-state index in [0.29, 0.717) is 0 Å². The summed E-state index contributed by atoms with van der Waals surface area (Å²) >= 11 is 0. The van der Waals surface area contributed by atoms with Gasteiger partial charge in [0.1, 0.15) is 0 Å². The van der Waals surface area contributed by atoms with Gasteiger partial charge in [-0.1, -0.05) is 26.2 Å². The Morgan fingerprint density at radius 1 is 1.05 bits per heavy atom. The second-order valence-corrected chi connectivity index (χ2v) is 7.20. The summed E-state index contributed by atoms with van der Waals surface area (Å²) in [6, 6.07) is 1.71. The van der Waals surface area contributed by atoms with Gasteiger partial charge in [-0.15, -0.1) is 0 Å². The van der Waals surface area contributed by atoms with Crippen molar-refractivity contribution in [1.82, 2.24) is 10.2 Å². The van der Waals surface area contributed by atoms with E-state index in [0.717, 1.165) is 23.9 Å². The SMILES string of the molecule is CCC1CCNC(CN2CCCC2C2CCCC2)C1. The lowest BCUT2D eigenvalue weighted by Crippen LogP contribution is -2.48. The minimum absolute atomic E-state index is 0.778. The van der Waals surface area contributed by atoms with Crippen LogP contribution >= 0.6 is 0 Å². The average molecular weight is 264 g/mol. The molecular weight excluding hydrogens is 232 g/mol. The Balaban J connectivity index is 1.53. The molecule has 2 aliphatic heterocycles.